The molecule has 2 aromatic heterocycles. The van der Waals surface area contributed by atoms with E-state index in [0.717, 1.165) is 61.1 Å². The molecular weight excluding hydrogens is 585 g/mol. The van der Waals surface area contributed by atoms with Gasteiger partial charge in [0.2, 0.25) is 0 Å². The lowest BCUT2D eigenvalue weighted by atomic mass is 9.99. The number of hydrogen-bond donors (Lipinski definition) is 0. The van der Waals surface area contributed by atoms with Crippen molar-refractivity contribution in [2.45, 2.75) is 0 Å². The van der Waals surface area contributed by atoms with Crippen LogP contribution in [0.5, 0.6) is 0 Å². The summed E-state index contributed by atoms with van der Waals surface area (Å²) in [5.41, 5.74) is 11.6. The fourth-order valence-electron chi connectivity index (χ4n) is 6.83. The Morgan fingerprint density at radius 3 is 1.73 bits per heavy atom. The van der Waals surface area contributed by atoms with Gasteiger partial charge in [-0.1, -0.05) is 146 Å². The van der Waals surface area contributed by atoms with Crippen molar-refractivity contribution < 1.29 is 4.42 Å². The predicted molar refractivity (Wildman–Crippen MR) is 200 cm³/mol. The van der Waals surface area contributed by atoms with Crippen LogP contribution in [0.3, 0.4) is 0 Å². The summed E-state index contributed by atoms with van der Waals surface area (Å²) in [7, 11) is 0. The summed E-state index contributed by atoms with van der Waals surface area (Å²) in [5.74, 6) is 0. The van der Waals surface area contributed by atoms with Crippen LogP contribution in [0.1, 0.15) is 0 Å². The van der Waals surface area contributed by atoms with Crippen molar-refractivity contribution in [3.8, 4) is 33.4 Å². The van der Waals surface area contributed by atoms with E-state index in [9.17, 15) is 0 Å². The lowest BCUT2D eigenvalue weighted by Crippen LogP contribution is -2.11. The largest absolute Gasteiger partial charge is 0.454 e. The van der Waals surface area contributed by atoms with Crippen LogP contribution < -0.4 is 4.90 Å². The van der Waals surface area contributed by atoms with E-state index in [1.165, 1.54) is 22.1 Å². The van der Waals surface area contributed by atoms with Gasteiger partial charge in [0, 0.05) is 28.2 Å². The molecule has 2 heterocycles. The maximum Gasteiger partial charge on any atom is 0.162 e. The molecule has 3 nitrogen and oxygen atoms in total. The molecule has 0 aliphatic heterocycles. The summed E-state index contributed by atoms with van der Waals surface area (Å²) in [6.45, 7) is 0. The standard InChI is InChI=1S/C45H30N2O/c1-3-11-31(12-4-1)32-19-21-33(22-20-32)34-23-26-37(27-24-34)47(41-18-10-9-16-38(41)35-13-5-2-6-14-35)42-30-46-29-40-44-39-17-8-7-15-36(39)25-28-43(44)48-45(40)42/h1-30H. The number of pyridine rings is 1. The number of para-hydroxylation sites is 1. The fourth-order valence-corrected chi connectivity index (χ4v) is 6.83. The Labute approximate surface area is 279 Å². The molecule has 0 spiro atoms. The molecule has 0 aliphatic rings. The van der Waals surface area contributed by atoms with Crippen molar-refractivity contribution in [3.05, 3.63) is 182 Å². The molecule has 3 heteroatoms. The summed E-state index contributed by atoms with van der Waals surface area (Å²) < 4.78 is 6.72. The smallest absolute Gasteiger partial charge is 0.162 e. The second kappa shape index (κ2) is 11.7. The van der Waals surface area contributed by atoms with Crippen molar-refractivity contribution in [2.75, 3.05) is 4.90 Å². The fraction of sp³-hybridized carbons (Fsp3) is 0. The van der Waals surface area contributed by atoms with Gasteiger partial charge in [-0.15, -0.1) is 0 Å². The SMILES string of the molecule is c1ccc(-c2ccc(-c3ccc(N(c4ccccc4-c4ccccc4)c4cncc5c4oc4ccc6ccccc6c45)cc3)cc2)cc1. The summed E-state index contributed by atoms with van der Waals surface area (Å²) >= 11 is 0. The highest BCUT2D eigenvalue weighted by molar-refractivity contribution is 6.20. The molecule has 0 saturated heterocycles. The first-order chi connectivity index (χ1) is 23.8. The molecule has 0 unspecified atom stereocenters. The third-order valence-electron chi connectivity index (χ3n) is 9.17. The topological polar surface area (TPSA) is 29.3 Å². The second-order valence-electron chi connectivity index (χ2n) is 12.0. The Kier molecular flexibility index (Phi) is 6.80. The van der Waals surface area contributed by atoms with Crippen molar-refractivity contribution in [3.63, 3.8) is 0 Å². The molecule has 0 atom stereocenters. The lowest BCUT2D eigenvalue weighted by Gasteiger charge is -2.27. The highest BCUT2D eigenvalue weighted by Gasteiger charge is 2.23. The van der Waals surface area contributed by atoms with Gasteiger partial charge in [-0.05, 0) is 62.9 Å². The number of hydrogen-bond acceptors (Lipinski definition) is 3. The zero-order chi connectivity index (χ0) is 31.9. The van der Waals surface area contributed by atoms with Crippen molar-refractivity contribution in [1.82, 2.24) is 4.98 Å². The number of fused-ring (bicyclic) bond motifs is 5. The van der Waals surface area contributed by atoms with Gasteiger partial charge >= 0.3 is 0 Å². The van der Waals surface area contributed by atoms with E-state index < -0.39 is 0 Å². The molecule has 9 aromatic rings. The quantitative estimate of drug-likeness (QED) is 0.187. The highest BCUT2D eigenvalue weighted by atomic mass is 16.3. The van der Waals surface area contributed by atoms with Gasteiger partial charge in [-0.25, -0.2) is 0 Å². The molecule has 0 radical (unpaired) electrons. The minimum absolute atomic E-state index is 0.805. The molecular formula is C45H30N2O. The highest BCUT2D eigenvalue weighted by Crippen LogP contribution is 2.46. The first-order valence-electron chi connectivity index (χ1n) is 16.2. The van der Waals surface area contributed by atoms with E-state index in [-0.39, 0.29) is 0 Å². The number of furan rings is 1. The summed E-state index contributed by atoms with van der Waals surface area (Å²) in [5, 5.41) is 4.42. The summed E-state index contributed by atoms with van der Waals surface area (Å²) in [6, 6.07) is 59.8. The van der Waals surface area contributed by atoms with E-state index >= 15 is 0 Å². The van der Waals surface area contributed by atoms with Crippen LogP contribution in [0, 0.1) is 0 Å². The molecule has 48 heavy (non-hydrogen) atoms. The Hall–Kier alpha value is -6.45. The zero-order valence-corrected chi connectivity index (χ0v) is 26.1. The minimum Gasteiger partial charge on any atom is -0.454 e. The van der Waals surface area contributed by atoms with Crippen molar-refractivity contribution in [2.24, 2.45) is 0 Å². The Morgan fingerprint density at radius 2 is 1.00 bits per heavy atom. The van der Waals surface area contributed by atoms with Gasteiger partial charge in [0.05, 0.1) is 11.9 Å². The number of aromatic nitrogens is 1. The minimum atomic E-state index is 0.805. The predicted octanol–water partition coefficient (Wildman–Crippen LogP) is 12.6. The van der Waals surface area contributed by atoms with Crippen LogP contribution in [-0.4, -0.2) is 4.98 Å². The number of rotatable bonds is 6. The number of benzene rings is 7. The molecule has 7 aromatic carbocycles. The van der Waals surface area contributed by atoms with Crippen LogP contribution in [0.2, 0.25) is 0 Å². The van der Waals surface area contributed by atoms with Gasteiger partial charge in [0.15, 0.2) is 5.58 Å². The zero-order valence-electron chi connectivity index (χ0n) is 26.1. The number of nitrogens with zero attached hydrogens (tertiary/aromatic N) is 2. The molecule has 0 N–H and O–H groups in total. The second-order valence-corrected chi connectivity index (χ2v) is 12.0. The van der Waals surface area contributed by atoms with E-state index in [4.69, 9.17) is 9.40 Å². The van der Waals surface area contributed by atoms with Gasteiger partial charge in [-0.2, -0.15) is 0 Å². The lowest BCUT2D eigenvalue weighted by molar-refractivity contribution is 0.669. The van der Waals surface area contributed by atoms with Crippen LogP contribution in [0.4, 0.5) is 17.1 Å². The number of anilines is 3. The van der Waals surface area contributed by atoms with Crippen molar-refractivity contribution in [1.29, 1.82) is 0 Å². The molecule has 226 valence electrons. The van der Waals surface area contributed by atoms with E-state index in [1.807, 2.05) is 18.5 Å². The van der Waals surface area contributed by atoms with E-state index in [2.05, 4.69) is 169 Å². The Morgan fingerprint density at radius 1 is 0.417 bits per heavy atom. The Balaban J connectivity index is 1.21. The first kappa shape index (κ1) is 27.8. The van der Waals surface area contributed by atoms with Crippen LogP contribution in [0.15, 0.2) is 187 Å². The summed E-state index contributed by atoms with van der Waals surface area (Å²) in [6.07, 6.45) is 3.85. The van der Waals surface area contributed by atoms with Gasteiger partial charge < -0.3 is 9.32 Å². The maximum atomic E-state index is 6.72. The average molecular weight is 615 g/mol. The Bertz CT molecular complexity index is 2540. The van der Waals surface area contributed by atoms with Crippen LogP contribution in [0.25, 0.3) is 66.1 Å². The maximum absolute atomic E-state index is 6.72. The van der Waals surface area contributed by atoms with Gasteiger partial charge in [-0.3, -0.25) is 4.98 Å². The van der Waals surface area contributed by atoms with E-state index in [1.54, 1.807) is 0 Å². The van der Waals surface area contributed by atoms with Gasteiger partial charge in [0.1, 0.15) is 11.3 Å². The van der Waals surface area contributed by atoms with Crippen molar-refractivity contribution >= 4 is 49.8 Å². The van der Waals surface area contributed by atoms with Crippen LogP contribution in [-0.2, 0) is 0 Å². The third kappa shape index (κ3) is 4.81. The normalized spacial score (nSPS) is 11.3. The average Bonchev–Trinajstić information content (AvgIpc) is 3.56. The molecule has 0 bridgehead atoms. The molecule has 0 fully saturated rings. The van der Waals surface area contributed by atoms with E-state index in [0.29, 0.717) is 0 Å². The molecule has 9 rings (SSSR count). The van der Waals surface area contributed by atoms with Crippen LogP contribution >= 0.6 is 0 Å². The van der Waals surface area contributed by atoms with Gasteiger partial charge in [0.25, 0.3) is 0 Å². The third-order valence-corrected chi connectivity index (χ3v) is 9.17. The summed E-state index contributed by atoms with van der Waals surface area (Å²) in [4.78, 5) is 7.10. The molecule has 0 amide bonds. The molecule has 0 saturated carbocycles. The molecule has 0 aliphatic carbocycles. The monoisotopic (exact) mass is 614 g/mol. The first-order valence-corrected chi connectivity index (χ1v) is 16.2.